The van der Waals surface area contributed by atoms with Gasteiger partial charge in [0, 0.05) is 17.8 Å². The largest absolute Gasteiger partial charge is 0.361 e. The molecule has 0 aliphatic rings. The summed E-state index contributed by atoms with van der Waals surface area (Å²) in [5.41, 5.74) is -0.481. The highest BCUT2D eigenvalue weighted by Gasteiger charge is 2.17. The van der Waals surface area contributed by atoms with E-state index in [4.69, 9.17) is 0 Å². The lowest BCUT2D eigenvalue weighted by Crippen LogP contribution is -2.43. The van der Waals surface area contributed by atoms with Crippen LogP contribution >= 0.6 is 0 Å². The molecule has 10 heteroatoms. The molecule has 1 aromatic heterocycles. The second-order valence-electron chi connectivity index (χ2n) is 6.77. The number of hydrogen-bond donors (Lipinski definition) is 3. The standard InChI is InChI=1S/C17H20F2N4O3S/c1-17(2,3)22-16(24)10-21-15-7-5-12(9-20-15)27(25,26)23-11-4-6-13(18)14(19)8-11/h4-9,23H,10H2,1-3H3,(H,20,21)(H,22,24). The summed E-state index contributed by atoms with van der Waals surface area (Å²) in [6, 6.07) is 5.34. The maximum absolute atomic E-state index is 13.2. The number of carbonyl (C=O) groups is 1. The first-order chi connectivity index (χ1) is 12.5. The average molecular weight is 398 g/mol. The second kappa shape index (κ2) is 7.87. The van der Waals surface area contributed by atoms with Gasteiger partial charge in [-0.05, 0) is 45.0 Å². The summed E-state index contributed by atoms with van der Waals surface area (Å²) < 4.78 is 52.8. The van der Waals surface area contributed by atoms with Crippen molar-refractivity contribution in [1.29, 1.82) is 0 Å². The van der Waals surface area contributed by atoms with Gasteiger partial charge >= 0.3 is 0 Å². The number of nitrogens with one attached hydrogen (secondary N) is 3. The number of carbonyl (C=O) groups excluding carboxylic acids is 1. The third-order valence-electron chi connectivity index (χ3n) is 3.16. The Balaban J connectivity index is 2.02. The zero-order valence-electron chi connectivity index (χ0n) is 15.0. The molecule has 0 saturated heterocycles. The fourth-order valence-corrected chi connectivity index (χ4v) is 3.04. The minimum absolute atomic E-state index is 0.0243. The maximum Gasteiger partial charge on any atom is 0.263 e. The smallest absolute Gasteiger partial charge is 0.263 e. The molecule has 0 atom stereocenters. The van der Waals surface area contributed by atoms with E-state index in [1.807, 2.05) is 20.8 Å². The summed E-state index contributed by atoms with van der Waals surface area (Å²) in [5.74, 6) is -2.17. The molecule has 0 unspecified atom stereocenters. The van der Waals surface area contributed by atoms with E-state index in [0.717, 1.165) is 24.4 Å². The van der Waals surface area contributed by atoms with Crippen molar-refractivity contribution in [1.82, 2.24) is 10.3 Å². The Morgan fingerprint density at radius 1 is 1.11 bits per heavy atom. The van der Waals surface area contributed by atoms with E-state index >= 15 is 0 Å². The molecule has 27 heavy (non-hydrogen) atoms. The number of benzene rings is 1. The molecule has 0 bridgehead atoms. The minimum atomic E-state index is -4.02. The van der Waals surface area contributed by atoms with Gasteiger partial charge < -0.3 is 10.6 Å². The topological polar surface area (TPSA) is 100 Å². The van der Waals surface area contributed by atoms with E-state index < -0.39 is 21.7 Å². The highest BCUT2D eigenvalue weighted by atomic mass is 32.2. The van der Waals surface area contributed by atoms with E-state index in [2.05, 4.69) is 20.3 Å². The molecule has 3 N–H and O–H groups in total. The summed E-state index contributed by atoms with van der Waals surface area (Å²) in [5, 5.41) is 5.55. The van der Waals surface area contributed by atoms with Crippen molar-refractivity contribution in [2.75, 3.05) is 16.6 Å². The zero-order chi connectivity index (χ0) is 20.2. The van der Waals surface area contributed by atoms with Crippen molar-refractivity contribution in [3.05, 3.63) is 48.2 Å². The molecule has 146 valence electrons. The van der Waals surface area contributed by atoms with Gasteiger partial charge in [-0.2, -0.15) is 0 Å². The Morgan fingerprint density at radius 2 is 1.81 bits per heavy atom. The molecular weight excluding hydrogens is 378 g/mol. The van der Waals surface area contributed by atoms with Crippen LogP contribution in [-0.4, -0.2) is 31.4 Å². The second-order valence-corrected chi connectivity index (χ2v) is 8.45. The monoisotopic (exact) mass is 398 g/mol. The maximum atomic E-state index is 13.2. The summed E-state index contributed by atoms with van der Waals surface area (Å²) in [4.78, 5) is 15.5. The van der Waals surface area contributed by atoms with Crippen molar-refractivity contribution in [2.45, 2.75) is 31.2 Å². The van der Waals surface area contributed by atoms with Gasteiger partial charge in [0.15, 0.2) is 11.6 Å². The van der Waals surface area contributed by atoms with Crippen molar-refractivity contribution in [3.8, 4) is 0 Å². The normalized spacial score (nSPS) is 11.7. The molecule has 2 aromatic rings. The molecule has 1 amide bonds. The molecule has 1 aromatic carbocycles. The van der Waals surface area contributed by atoms with E-state index in [9.17, 15) is 22.0 Å². The highest BCUT2D eigenvalue weighted by Crippen LogP contribution is 2.18. The van der Waals surface area contributed by atoms with Gasteiger partial charge in [0.25, 0.3) is 10.0 Å². The third-order valence-corrected chi connectivity index (χ3v) is 4.53. The number of anilines is 2. The molecule has 0 fully saturated rings. The van der Waals surface area contributed by atoms with Crippen LogP contribution in [0, 0.1) is 11.6 Å². The van der Waals surface area contributed by atoms with Gasteiger partial charge in [-0.25, -0.2) is 22.2 Å². The van der Waals surface area contributed by atoms with E-state index in [1.54, 1.807) is 0 Å². The van der Waals surface area contributed by atoms with Crippen LogP contribution in [0.15, 0.2) is 41.4 Å². The third kappa shape index (κ3) is 6.17. The van der Waals surface area contributed by atoms with Crippen LogP contribution in [0.2, 0.25) is 0 Å². The Morgan fingerprint density at radius 3 is 2.37 bits per heavy atom. The van der Waals surface area contributed by atoms with E-state index in [1.165, 1.54) is 12.1 Å². The number of amides is 1. The van der Waals surface area contributed by atoms with Gasteiger partial charge in [-0.1, -0.05) is 0 Å². The van der Waals surface area contributed by atoms with E-state index in [-0.39, 0.29) is 28.6 Å². The number of aromatic nitrogens is 1. The van der Waals surface area contributed by atoms with Crippen LogP contribution in [0.5, 0.6) is 0 Å². The first-order valence-electron chi connectivity index (χ1n) is 7.95. The quantitative estimate of drug-likeness (QED) is 0.694. The van der Waals surface area contributed by atoms with Crippen molar-refractivity contribution in [3.63, 3.8) is 0 Å². The number of halogens is 2. The van der Waals surface area contributed by atoms with Crippen molar-refractivity contribution in [2.24, 2.45) is 0 Å². The van der Waals surface area contributed by atoms with Crippen LogP contribution in [0.25, 0.3) is 0 Å². The van der Waals surface area contributed by atoms with Crippen LogP contribution in [0.4, 0.5) is 20.3 Å². The highest BCUT2D eigenvalue weighted by molar-refractivity contribution is 7.92. The number of pyridine rings is 1. The van der Waals surface area contributed by atoms with Gasteiger partial charge in [0.2, 0.25) is 5.91 Å². The Kier molecular flexibility index (Phi) is 5.99. The summed E-state index contributed by atoms with van der Waals surface area (Å²) in [7, 11) is -4.02. The summed E-state index contributed by atoms with van der Waals surface area (Å²) in [6.07, 6.45) is 1.09. The Hall–Kier alpha value is -2.75. The van der Waals surface area contributed by atoms with Crippen molar-refractivity contribution >= 4 is 27.4 Å². The van der Waals surface area contributed by atoms with Gasteiger partial charge in [0.05, 0.1) is 12.2 Å². The zero-order valence-corrected chi connectivity index (χ0v) is 15.8. The predicted molar refractivity (Wildman–Crippen MR) is 97.8 cm³/mol. The lowest BCUT2D eigenvalue weighted by molar-refractivity contribution is -0.120. The first kappa shape index (κ1) is 20.6. The molecule has 0 spiro atoms. The van der Waals surface area contributed by atoms with E-state index in [0.29, 0.717) is 5.82 Å². The fourth-order valence-electron chi connectivity index (χ4n) is 2.05. The fraction of sp³-hybridized carbons (Fsp3) is 0.294. The number of nitrogens with zero attached hydrogens (tertiary/aromatic N) is 1. The molecule has 2 rings (SSSR count). The van der Waals surface area contributed by atoms with Gasteiger partial charge in [-0.15, -0.1) is 0 Å². The molecule has 0 radical (unpaired) electrons. The Labute approximate surface area is 156 Å². The van der Waals surface area contributed by atoms with Gasteiger partial charge in [-0.3, -0.25) is 9.52 Å². The minimum Gasteiger partial charge on any atom is -0.361 e. The molecule has 1 heterocycles. The SMILES string of the molecule is CC(C)(C)NC(=O)CNc1ccc(S(=O)(=O)Nc2ccc(F)c(F)c2)cn1. The number of sulfonamides is 1. The van der Waals surface area contributed by atoms with Gasteiger partial charge in [0.1, 0.15) is 10.7 Å². The predicted octanol–water partition coefficient (Wildman–Crippen LogP) is 2.49. The lowest BCUT2D eigenvalue weighted by atomic mass is 10.1. The number of rotatable bonds is 6. The first-order valence-corrected chi connectivity index (χ1v) is 9.43. The van der Waals surface area contributed by atoms with Crippen LogP contribution in [-0.2, 0) is 14.8 Å². The summed E-state index contributed by atoms with van der Waals surface area (Å²) >= 11 is 0. The molecule has 0 aliphatic heterocycles. The number of hydrogen-bond acceptors (Lipinski definition) is 5. The van der Waals surface area contributed by atoms with Crippen LogP contribution < -0.4 is 15.4 Å². The van der Waals surface area contributed by atoms with Crippen molar-refractivity contribution < 1.29 is 22.0 Å². The molecule has 0 saturated carbocycles. The molecule has 0 aliphatic carbocycles. The average Bonchev–Trinajstić information content (AvgIpc) is 2.55. The van der Waals surface area contributed by atoms with Crippen LogP contribution in [0.3, 0.4) is 0 Å². The Bertz CT molecular complexity index is 926. The molecule has 7 nitrogen and oxygen atoms in total. The van der Waals surface area contributed by atoms with Crippen LogP contribution in [0.1, 0.15) is 20.8 Å². The lowest BCUT2D eigenvalue weighted by Gasteiger charge is -2.20. The summed E-state index contributed by atoms with van der Waals surface area (Å²) in [6.45, 7) is 5.53. The molecular formula is C17H20F2N4O3S.